The van der Waals surface area contributed by atoms with Crippen LogP contribution in [-0.2, 0) is 16.0 Å². The van der Waals surface area contributed by atoms with Gasteiger partial charge in [0.15, 0.2) is 0 Å². The maximum atomic E-state index is 10.9. The number of benzene rings is 1. The fourth-order valence-corrected chi connectivity index (χ4v) is 2.45. The molecule has 0 saturated carbocycles. The van der Waals surface area contributed by atoms with Gasteiger partial charge in [-0.15, -0.1) is 0 Å². The van der Waals surface area contributed by atoms with Crippen molar-refractivity contribution in [1.82, 2.24) is 0 Å². The molecule has 2 rings (SSSR count). The molecule has 0 amide bonds. The quantitative estimate of drug-likeness (QED) is 0.891. The maximum absolute atomic E-state index is 10.9. The topological polar surface area (TPSA) is 46.5 Å². The van der Waals surface area contributed by atoms with Gasteiger partial charge in [0.05, 0.1) is 5.92 Å². The highest BCUT2D eigenvalue weighted by atomic mass is 16.5. The van der Waals surface area contributed by atoms with Gasteiger partial charge in [0, 0.05) is 13.2 Å². The standard InChI is InChI=1S/C15H20O3/c1-11(15(16)17)9-12-3-2-4-14(10-12)13-5-7-18-8-6-13/h2-4,10-11,13H,5-9H2,1H3,(H,16,17). The largest absolute Gasteiger partial charge is 0.481 e. The predicted molar refractivity (Wildman–Crippen MR) is 69.7 cm³/mol. The SMILES string of the molecule is CC(Cc1cccc(C2CCOCC2)c1)C(=O)O. The first-order chi connectivity index (χ1) is 8.66. The van der Waals surface area contributed by atoms with Crippen LogP contribution in [0.25, 0.3) is 0 Å². The number of ether oxygens (including phenoxy) is 1. The van der Waals surface area contributed by atoms with Gasteiger partial charge in [0.2, 0.25) is 0 Å². The first kappa shape index (κ1) is 13.1. The highest BCUT2D eigenvalue weighted by Crippen LogP contribution is 2.27. The average Bonchev–Trinajstić information content (AvgIpc) is 2.40. The average molecular weight is 248 g/mol. The van der Waals surface area contributed by atoms with Crippen molar-refractivity contribution in [2.75, 3.05) is 13.2 Å². The second kappa shape index (κ2) is 6.01. The number of carboxylic acids is 1. The van der Waals surface area contributed by atoms with Crippen LogP contribution < -0.4 is 0 Å². The summed E-state index contributed by atoms with van der Waals surface area (Å²) in [6, 6.07) is 8.36. The highest BCUT2D eigenvalue weighted by Gasteiger charge is 2.17. The third-order valence-corrected chi connectivity index (χ3v) is 3.61. The second-order valence-corrected chi connectivity index (χ2v) is 5.08. The van der Waals surface area contributed by atoms with E-state index in [-0.39, 0.29) is 5.92 Å². The van der Waals surface area contributed by atoms with Gasteiger partial charge in [0.25, 0.3) is 0 Å². The van der Waals surface area contributed by atoms with Gasteiger partial charge in [-0.3, -0.25) is 4.79 Å². The van der Waals surface area contributed by atoms with Crippen molar-refractivity contribution in [3.8, 4) is 0 Å². The number of carboxylic acid groups (broad SMARTS) is 1. The molecule has 0 radical (unpaired) electrons. The van der Waals surface area contributed by atoms with Crippen molar-refractivity contribution >= 4 is 5.97 Å². The molecule has 1 aliphatic rings. The first-order valence-electron chi connectivity index (χ1n) is 6.56. The monoisotopic (exact) mass is 248 g/mol. The molecule has 3 heteroatoms. The minimum absolute atomic E-state index is 0.324. The van der Waals surface area contributed by atoms with Crippen molar-refractivity contribution < 1.29 is 14.6 Å². The Balaban J connectivity index is 2.06. The number of hydrogen-bond acceptors (Lipinski definition) is 2. The molecule has 0 aliphatic carbocycles. The number of rotatable bonds is 4. The summed E-state index contributed by atoms with van der Waals surface area (Å²) in [6.07, 6.45) is 2.74. The molecule has 1 N–H and O–H groups in total. The van der Waals surface area contributed by atoms with E-state index >= 15 is 0 Å². The third-order valence-electron chi connectivity index (χ3n) is 3.61. The van der Waals surface area contributed by atoms with Gasteiger partial charge in [-0.05, 0) is 36.3 Å². The Morgan fingerprint density at radius 3 is 2.83 bits per heavy atom. The fraction of sp³-hybridized carbons (Fsp3) is 0.533. The van der Waals surface area contributed by atoms with E-state index < -0.39 is 5.97 Å². The van der Waals surface area contributed by atoms with Gasteiger partial charge in [-0.25, -0.2) is 0 Å². The Hall–Kier alpha value is -1.35. The van der Waals surface area contributed by atoms with Crippen molar-refractivity contribution in [2.45, 2.75) is 32.1 Å². The van der Waals surface area contributed by atoms with E-state index in [1.807, 2.05) is 12.1 Å². The lowest BCUT2D eigenvalue weighted by Gasteiger charge is -2.23. The van der Waals surface area contributed by atoms with E-state index in [4.69, 9.17) is 9.84 Å². The summed E-state index contributed by atoms with van der Waals surface area (Å²) in [7, 11) is 0. The van der Waals surface area contributed by atoms with E-state index in [0.29, 0.717) is 12.3 Å². The van der Waals surface area contributed by atoms with Crippen LogP contribution in [0.3, 0.4) is 0 Å². The normalized spacial score (nSPS) is 18.5. The van der Waals surface area contributed by atoms with Crippen LogP contribution in [0.4, 0.5) is 0 Å². The zero-order valence-corrected chi connectivity index (χ0v) is 10.8. The summed E-state index contributed by atoms with van der Waals surface area (Å²) in [6.45, 7) is 3.42. The van der Waals surface area contributed by atoms with Crippen LogP contribution in [0.2, 0.25) is 0 Å². The second-order valence-electron chi connectivity index (χ2n) is 5.08. The third kappa shape index (κ3) is 3.33. The van der Waals surface area contributed by atoms with E-state index in [9.17, 15) is 4.79 Å². The molecule has 1 fully saturated rings. The first-order valence-corrected chi connectivity index (χ1v) is 6.56. The summed E-state index contributed by atoms with van der Waals surface area (Å²) in [5.74, 6) is -0.486. The molecule has 1 aromatic rings. The minimum atomic E-state index is -0.730. The van der Waals surface area contributed by atoms with Crippen molar-refractivity contribution in [3.05, 3.63) is 35.4 Å². The van der Waals surface area contributed by atoms with E-state index in [2.05, 4.69) is 12.1 Å². The van der Waals surface area contributed by atoms with Gasteiger partial charge in [0.1, 0.15) is 0 Å². The van der Waals surface area contributed by atoms with Crippen LogP contribution in [0.5, 0.6) is 0 Å². The van der Waals surface area contributed by atoms with Crippen LogP contribution in [0.1, 0.15) is 36.8 Å². The lowest BCUT2D eigenvalue weighted by Crippen LogP contribution is -2.15. The van der Waals surface area contributed by atoms with Crippen LogP contribution in [-0.4, -0.2) is 24.3 Å². The van der Waals surface area contributed by atoms with Gasteiger partial charge >= 0.3 is 5.97 Å². The molecule has 1 aliphatic heterocycles. The zero-order chi connectivity index (χ0) is 13.0. The lowest BCUT2D eigenvalue weighted by atomic mass is 9.89. The molecule has 1 atom stereocenters. The number of hydrogen-bond donors (Lipinski definition) is 1. The molecular weight excluding hydrogens is 228 g/mol. The Morgan fingerprint density at radius 1 is 1.44 bits per heavy atom. The molecule has 0 spiro atoms. The molecule has 0 aromatic heterocycles. The summed E-state index contributed by atoms with van der Waals surface area (Å²) in [5, 5.41) is 8.94. The van der Waals surface area contributed by atoms with Crippen LogP contribution in [0, 0.1) is 5.92 Å². The fourth-order valence-electron chi connectivity index (χ4n) is 2.45. The lowest BCUT2D eigenvalue weighted by molar-refractivity contribution is -0.141. The Morgan fingerprint density at radius 2 is 2.17 bits per heavy atom. The van der Waals surface area contributed by atoms with E-state index in [0.717, 1.165) is 31.6 Å². The molecule has 1 unspecified atom stereocenters. The molecule has 98 valence electrons. The molecule has 1 heterocycles. The van der Waals surface area contributed by atoms with Gasteiger partial charge < -0.3 is 9.84 Å². The number of carbonyl (C=O) groups is 1. The smallest absolute Gasteiger partial charge is 0.306 e. The van der Waals surface area contributed by atoms with Crippen molar-refractivity contribution in [1.29, 1.82) is 0 Å². The summed E-state index contributed by atoms with van der Waals surface area (Å²) < 4.78 is 5.37. The van der Waals surface area contributed by atoms with Crippen LogP contribution in [0.15, 0.2) is 24.3 Å². The number of aliphatic carboxylic acids is 1. The molecule has 18 heavy (non-hydrogen) atoms. The van der Waals surface area contributed by atoms with Crippen molar-refractivity contribution in [3.63, 3.8) is 0 Å². The molecule has 3 nitrogen and oxygen atoms in total. The maximum Gasteiger partial charge on any atom is 0.306 e. The van der Waals surface area contributed by atoms with Gasteiger partial charge in [-0.2, -0.15) is 0 Å². The summed E-state index contributed by atoms with van der Waals surface area (Å²) in [4.78, 5) is 10.9. The van der Waals surface area contributed by atoms with Crippen LogP contribution >= 0.6 is 0 Å². The highest BCUT2D eigenvalue weighted by molar-refractivity contribution is 5.69. The van der Waals surface area contributed by atoms with E-state index in [1.54, 1.807) is 6.92 Å². The molecule has 1 saturated heterocycles. The molecular formula is C15H20O3. The Labute approximate surface area is 108 Å². The molecule has 0 bridgehead atoms. The minimum Gasteiger partial charge on any atom is -0.481 e. The molecule has 1 aromatic carbocycles. The Kier molecular flexibility index (Phi) is 4.37. The van der Waals surface area contributed by atoms with Crippen molar-refractivity contribution in [2.24, 2.45) is 5.92 Å². The van der Waals surface area contributed by atoms with E-state index in [1.165, 1.54) is 5.56 Å². The summed E-state index contributed by atoms with van der Waals surface area (Å²) >= 11 is 0. The zero-order valence-electron chi connectivity index (χ0n) is 10.8. The predicted octanol–water partition coefficient (Wildman–Crippen LogP) is 2.84. The van der Waals surface area contributed by atoms with Gasteiger partial charge in [-0.1, -0.05) is 31.2 Å². The summed E-state index contributed by atoms with van der Waals surface area (Å²) in [5.41, 5.74) is 2.45. The Bertz CT molecular complexity index is 408.